The average molecular weight is 337 g/mol. The standard InChI is InChI=1S/C14H15N3O3S2/c1-9(18)20-13-6-15-14(22-13)16-12(19)8-17-4-2-11-10(7-17)3-5-21-11/h3,5-6H,2,4,7-8H2,1H3,(H,15,16,19). The Bertz CT molecular complexity index is 695. The molecule has 0 spiro atoms. The number of hydrogen-bond acceptors (Lipinski definition) is 7. The molecule has 8 heteroatoms. The van der Waals surface area contributed by atoms with E-state index in [0.717, 1.165) is 30.8 Å². The summed E-state index contributed by atoms with van der Waals surface area (Å²) in [4.78, 5) is 30.5. The third kappa shape index (κ3) is 3.70. The summed E-state index contributed by atoms with van der Waals surface area (Å²) in [7, 11) is 0. The zero-order chi connectivity index (χ0) is 15.5. The number of aromatic nitrogens is 1. The zero-order valence-electron chi connectivity index (χ0n) is 12.0. The number of anilines is 1. The Kier molecular flexibility index (Phi) is 4.51. The Morgan fingerprint density at radius 3 is 3.18 bits per heavy atom. The molecule has 116 valence electrons. The first-order valence-corrected chi connectivity index (χ1v) is 8.51. The molecule has 1 amide bonds. The summed E-state index contributed by atoms with van der Waals surface area (Å²) in [5.41, 5.74) is 1.32. The minimum absolute atomic E-state index is 0.109. The monoisotopic (exact) mass is 337 g/mol. The Hall–Kier alpha value is -1.77. The van der Waals surface area contributed by atoms with Crippen LogP contribution in [0.5, 0.6) is 5.06 Å². The second-order valence-corrected chi connectivity index (χ2v) is 6.95. The highest BCUT2D eigenvalue weighted by atomic mass is 32.1. The van der Waals surface area contributed by atoms with Crippen LogP contribution < -0.4 is 10.1 Å². The molecule has 2 aromatic rings. The summed E-state index contributed by atoms with van der Waals surface area (Å²) in [6.45, 7) is 3.35. The second kappa shape index (κ2) is 6.55. The van der Waals surface area contributed by atoms with E-state index in [2.05, 4.69) is 26.6 Å². The number of rotatable bonds is 4. The van der Waals surface area contributed by atoms with Gasteiger partial charge in [0.25, 0.3) is 0 Å². The van der Waals surface area contributed by atoms with E-state index in [4.69, 9.17) is 4.74 Å². The van der Waals surface area contributed by atoms with Crippen molar-refractivity contribution in [2.45, 2.75) is 19.9 Å². The highest BCUT2D eigenvalue weighted by Crippen LogP contribution is 2.26. The normalized spacial score (nSPS) is 14.4. The van der Waals surface area contributed by atoms with E-state index < -0.39 is 5.97 Å². The molecule has 0 saturated carbocycles. The molecule has 2 aromatic heterocycles. The van der Waals surface area contributed by atoms with Crippen molar-refractivity contribution in [3.63, 3.8) is 0 Å². The molecule has 1 aliphatic heterocycles. The zero-order valence-corrected chi connectivity index (χ0v) is 13.6. The van der Waals surface area contributed by atoms with Crippen molar-refractivity contribution in [1.29, 1.82) is 0 Å². The average Bonchev–Trinajstić information content (AvgIpc) is 3.06. The molecule has 0 aliphatic carbocycles. The van der Waals surface area contributed by atoms with Crippen LogP contribution in [0.1, 0.15) is 17.4 Å². The SMILES string of the molecule is CC(=O)Oc1cnc(NC(=O)CN2CCc3sccc3C2)s1. The number of carbonyl (C=O) groups excluding carboxylic acids is 2. The fourth-order valence-corrected chi connectivity index (χ4v) is 3.92. The van der Waals surface area contributed by atoms with Gasteiger partial charge in [0.15, 0.2) is 5.13 Å². The van der Waals surface area contributed by atoms with E-state index >= 15 is 0 Å². The largest absolute Gasteiger partial charge is 0.414 e. The topological polar surface area (TPSA) is 71.5 Å². The van der Waals surface area contributed by atoms with Gasteiger partial charge in [-0.3, -0.25) is 14.5 Å². The lowest BCUT2D eigenvalue weighted by atomic mass is 10.1. The molecule has 0 radical (unpaired) electrons. The molecular weight excluding hydrogens is 322 g/mol. The maximum absolute atomic E-state index is 12.1. The van der Waals surface area contributed by atoms with E-state index in [9.17, 15) is 9.59 Å². The predicted octanol–water partition coefficient (Wildman–Crippen LogP) is 2.13. The van der Waals surface area contributed by atoms with Gasteiger partial charge in [-0.25, -0.2) is 4.98 Å². The molecule has 1 aliphatic rings. The van der Waals surface area contributed by atoms with Crippen molar-refractivity contribution in [3.8, 4) is 5.06 Å². The summed E-state index contributed by atoms with van der Waals surface area (Å²) in [6, 6.07) is 2.12. The van der Waals surface area contributed by atoms with Gasteiger partial charge in [0.05, 0.1) is 12.7 Å². The molecule has 3 heterocycles. The van der Waals surface area contributed by atoms with Crippen LogP contribution in [0.3, 0.4) is 0 Å². The first-order chi connectivity index (χ1) is 10.6. The van der Waals surface area contributed by atoms with Crippen molar-refractivity contribution in [3.05, 3.63) is 28.1 Å². The molecule has 3 rings (SSSR count). The molecule has 0 unspecified atom stereocenters. The number of hydrogen-bond donors (Lipinski definition) is 1. The summed E-state index contributed by atoms with van der Waals surface area (Å²) >= 11 is 2.92. The van der Waals surface area contributed by atoms with Crippen molar-refractivity contribution in [1.82, 2.24) is 9.88 Å². The molecule has 1 N–H and O–H groups in total. The summed E-state index contributed by atoms with van der Waals surface area (Å²) in [5, 5.41) is 5.65. The summed E-state index contributed by atoms with van der Waals surface area (Å²) in [6.07, 6.45) is 2.42. The Morgan fingerprint density at radius 2 is 2.36 bits per heavy atom. The van der Waals surface area contributed by atoms with E-state index in [1.165, 1.54) is 23.6 Å². The first-order valence-electron chi connectivity index (χ1n) is 6.82. The van der Waals surface area contributed by atoms with Crippen molar-refractivity contribution >= 4 is 39.7 Å². The summed E-state index contributed by atoms with van der Waals surface area (Å²) in [5.74, 6) is -0.510. The van der Waals surface area contributed by atoms with Crippen LogP contribution >= 0.6 is 22.7 Å². The van der Waals surface area contributed by atoms with Crippen molar-refractivity contribution in [2.75, 3.05) is 18.4 Å². The molecule has 0 fully saturated rings. The van der Waals surface area contributed by atoms with Gasteiger partial charge in [-0.05, 0) is 23.4 Å². The van der Waals surface area contributed by atoms with Crippen LogP contribution in [-0.2, 0) is 22.6 Å². The molecule has 0 bridgehead atoms. The maximum Gasteiger partial charge on any atom is 0.308 e. The third-order valence-electron chi connectivity index (χ3n) is 3.23. The number of ether oxygens (including phenoxy) is 1. The van der Waals surface area contributed by atoms with Crippen LogP contribution in [0.15, 0.2) is 17.6 Å². The van der Waals surface area contributed by atoms with Gasteiger partial charge in [0, 0.05) is 24.9 Å². The quantitative estimate of drug-likeness (QED) is 0.866. The number of esters is 1. The van der Waals surface area contributed by atoms with Gasteiger partial charge in [-0.15, -0.1) is 11.3 Å². The predicted molar refractivity (Wildman–Crippen MR) is 85.4 cm³/mol. The van der Waals surface area contributed by atoms with Gasteiger partial charge < -0.3 is 10.1 Å². The molecular formula is C14H15N3O3S2. The lowest BCUT2D eigenvalue weighted by Crippen LogP contribution is -2.36. The minimum atomic E-state index is -0.401. The first kappa shape index (κ1) is 15.1. The highest BCUT2D eigenvalue weighted by molar-refractivity contribution is 7.17. The maximum atomic E-state index is 12.1. The molecule has 0 saturated heterocycles. The van der Waals surface area contributed by atoms with Crippen LogP contribution in [0, 0.1) is 0 Å². The second-order valence-electron chi connectivity index (χ2n) is 4.96. The van der Waals surface area contributed by atoms with Gasteiger partial charge in [-0.1, -0.05) is 11.3 Å². The van der Waals surface area contributed by atoms with E-state index in [1.54, 1.807) is 11.3 Å². The van der Waals surface area contributed by atoms with E-state index in [1.807, 2.05) is 0 Å². The Labute approximate surface area is 135 Å². The summed E-state index contributed by atoms with van der Waals surface area (Å²) < 4.78 is 4.91. The Balaban J connectivity index is 1.52. The van der Waals surface area contributed by atoms with Gasteiger partial charge >= 0.3 is 5.97 Å². The van der Waals surface area contributed by atoms with Crippen LogP contribution in [0.25, 0.3) is 0 Å². The lowest BCUT2D eigenvalue weighted by molar-refractivity contribution is -0.131. The molecule has 6 nitrogen and oxygen atoms in total. The van der Waals surface area contributed by atoms with Gasteiger partial charge in [0.1, 0.15) is 0 Å². The Morgan fingerprint density at radius 1 is 1.50 bits per heavy atom. The number of thiazole rings is 1. The highest BCUT2D eigenvalue weighted by Gasteiger charge is 2.19. The smallest absolute Gasteiger partial charge is 0.308 e. The number of nitrogens with one attached hydrogen (secondary N) is 1. The van der Waals surface area contributed by atoms with Crippen LogP contribution in [0.2, 0.25) is 0 Å². The molecule has 22 heavy (non-hydrogen) atoms. The number of fused-ring (bicyclic) bond motifs is 1. The van der Waals surface area contributed by atoms with E-state index in [-0.39, 0.29) is 5.91 Å². The van der Waals surface area contributed by atoms with Crippen molar-refractivity contribution in [2.24, 2.45) is 0 Å². The third-order valence-corrected chi connectivity index (χ3v) is 5.04. The number of carbonyl (C=O) groups is 2. The molecule has 0 atom stereocenters. The fraction of sp³-hybridized carbons (Fsp3) is 0.357. The van der Waals surface area contributed by atoms with E-state index in [0.29, 0.717) is 16.7 Å². The van der Waals surface area contributed by atoms with Gasteiger partial charge in [0.2, 0.25) is 11.0 Å². The lowest BCUT2D eigenvalue weighted by Gasteiger charge is -2.25. The van der Waals surface area contributed by atoms with Crippen molar-refractivity contribution < 1.29 is 14.3 Å². The van der Waals surface area contributed by atoms with Crippen LogP contribution in [0.4, 0.5) is 5.13 Å². The number of nitrogens with zero attached hydrogens (tertiary/aromatic N) is 2. The van der Waals surface area contributed by atoms with Crippen LogP contribution in [-0.4, -0.2) is 34.8 Å². The molecule has 0 aromatic carbocycles. The number of amides is 1. The minimum Gasteiger partial charge on any atom is -0.414 e. The fourth-order valence-electron chi connectivity index (χ4n) is 2.31. The number of thiophene rings is 1. The van der Waals surface area contributed by atoms with Gasteiger partial charge in [-0.2, -0.15) is 0 Å².